The number of hydrogen-bond donors (Lipinski definition) is 1. The van der Waals surface area contributed by atoms with Crippen LogP contribution in [0.15, 0.2) is 29.2 Å². The van der Waals surface area contributed by atoms with Crippen LogP contribution in [0.2, 0.25) is 0 Å². The molecule has 1 aromatic rings. The van der Waals surface area contributed by atoms with Crippen molar-refractivity contribution in [3.05, 3.63) is 24.3 Å². The molecule has 0 saturated carbocycles. The van der Waals surface area contributed by atoms with Gasteiger partial charge in [-0.05, 0) is 19.1 Å². The predicted molar refractivity (Wildman–Crippen MR) is 58.3 cm³/mol. The Morgan fingerprint density at radius 3 is 2.43 bits per heavy atom. The van der Waals surface area contributed by atoms with Gasteiger partial charge in [-0.1, -0.05) is 19.1 Å². The summed E-state index contributed by atoms with van der Waals surface area (Å²) < 4.78 is 23.3. The predicted octanol–water partition coefficient (Wildman–Crippen LogP) is 1.91. The van der Waals surface area contributed by atoms with Crippen molar-refractivity contribution in [1.82, 2.24) is 0 Å². The molecule has 14 heavy (non-hydrogen) atoms. The van der Waals surface area contributed by atoms with E-state index in [4.69, 9.17) is 0 Å². The van der Waals surface area contributed by atoms with E-state index in [2.05, 4.69) is 5.32 Å². The average Bonchev–Trinajstić information content (AvgIpc) is 2.19. The fraction of sp³-hybridized carbons (Fsp3) is 0.400. The number of benzene rings is 1. The van der Waals surface area contributed by atoms with Crippen molar-refractivity contribution in [2.75, 3.05) is 17.6 Å². The van der Waals surface area contributed by atoms with Crippen molar-refractivity contribution in [3.63, 3.8) is 0 Å². The van der Waals surface area contributed by atoms with Crippen molar-refractivity contribution in [2.45, 2.75) is 18.7 Å². The highest BCUT2D eigenvalue weighted by atomic mass is 32.2. The van der Waals surface area contributed by atoms with E-state index in [-0.39, 0.29) is 5.75 Å². The maximum absolute atomic E-state index is 11.7. The third-order valence-electron chi connectivity index (χ3n) is 1.97. The lowest BCUT2D eigenvalue weighted by molar-refractivity contribution is 0.597. The van der Waals surface area contributed by atoms with Crippen molar-refractivity contribution < 1.29 is 8.42 Å². The van der Waals surface area contributed by atoms with Crippen LogP contribution in [0, 0.1) is 0 Å². The van der Waals surface area contributed by atoms with Gasteiger partial charge in [0.05, 0.1) is 16.3 Å². The largest absolute Gasteiger partial charge is 0.384 e. The van der Waals surface area contributed by atoms with Crippen LogP contribution >= 0.6 is 0 Å². The highest BCUT2D eigenvalue weighted by Gasteiger charge is 2.14. The van der Waals surface area contributed by atoms with Gasteiger partial charge in [0.15, 0.2) is 9.84 Å². The molecular formula is C10H15NO2S. The molecule has 0 saturated heterocycles. The molecule has 0 spiro atoms. The Labute approximate surface area is 85.1 Å². The van der Waals surface area contributed by atoms with Crippen molar-refractivity contribution in [2.24, 2.45) is 0 Å². The van der Waals surface area contributed by atoms with E-state index in [1.54, 1.807) is 25.1 Å². The smallest absolute Gasteiger partial charge is 0.180 e. The summed E-state index contributed by atoms with van der Waals surface area (Å²) in [7, 11) is -3.11. The summed E-state index contributed by atoms with van der Waals surface area (Å²) in [5, 5.41) is 3.04. The van der Waals surface area contributed by atoms with E-state index in [9.17, 15) is 8.42 Å². The van der Waals surface area contributed by atoms with Crippen molar-refractivity contribution in [1.29, 1.82) is 0 Å². The summed E-state index contributed by atoms with van der Waals surface area (Å²) in [6.07, 6.45) is 0. The van der Waals surface area contributed by atoms with Crippen LogP contribution in [0.3, 0.4) is 0 Å². The molecule has 78 valence electrons. The molecule has 4 heteroatoms. The van der Waals surface area contributed by atoms with E-state index in [1.807, 2.05) is 13.0 Å². The summed E-state index contributed by atoms with van der Waals surface area (Å²) in [6, 6.07) is 6.99. The molecule has 0 aliphatic rings. The first kappa shape index (κ1) is 11.0. The van der Waals surface area contributed by atoms with Crippen molar-refractivity contribution >= 4 is 15.5 Å². The summed E-state index contributed by atoms with van der Waals surface area (Å²) in [5.41, 5.74) is 0.692. The Morgan fingerprint density at radius 1 is 1.21 bits per heavy atom. The number of para-hydroxylation sites is 1. The van der Waals surface area contributed by atoms with E-state index in [0.717, 1.165) is 6.54 Å². The molecule has 0 unspecified atom stereocenters. The van der Waals surface area contributed by atoms with E-state index >= 15 is 0 Å². The van der Waals surface area contributed by atoms with Gasteiger partial charge in [-0.3, -0.25) is 0 Å². The molecule has 3 nitrogen and oxygen atoms in total. The minimum absolute atomic E-state index is 0.134. The first-order chi connectivity index (χ1) is 6.61. The van der Waals surface area contributed by atoms with E-state index < -0.39 is 9.84 Å². The number of nitrogens with one attached hydrogen (secondary N) is 1. The van der Waals surface area contributed by atoms with Crippen LogP contribution in [-0.4, -0.2) is 20.7 Å². The molecule has 0 bridgehead atoms. The van der Waals surface area contributed by atoms with Gasteiger partial charge in [-0.15, -0.1) is 0 Å². The minimum atomic E-state index is -3.11. The average molecular weight is 213 g/mol. The molecule has 1 rings (SSSR count). The summed E-state index contributed by atoms with van der Waals surface area (Å²) in [4.78, 5) is 0.393. The van der Waals surface area contributed by atoms with Gasteiger partial charge >= 0.3 is 0 Å². The molecule has 0 aliphatic heterocycles. The molecule has 0 aromatic heterocycles. The fourth-order valence-corrected chi connectivity index (χ4v) is 2.30. The van der Waals surface area contributed by atoms with Gasteiger partial charge in [-0.25, -0.2) is 8.42 Å². The lowest BCUT2D eigenvalue weighted by Gasteiger charge is -2.09. The number of rotatable bonds is 4. The summed E-state index contributed by atoms with van der Waals surface area (Å²) >= 11 is 0. The van der Waals surface area contributed by atoms with E-state index in [0.29, 0.717) is 10.6 Å². The monoisotopic (exact) mass is 213 g/mol. The zero-order chi connectivity index (χ0) is 10.6. The second kappa shape index (κ2) is 4.46. The van der Waals surface area contributed by atoms with E-state index in [1.165, 1.54) is 0 Å². The SMILES string of the molecule is CCNc1ccccc1S(=O)(=O)CC. The quantitative estimate of drug-likeness (QED) is 0.831. The first-order valence-electron chi connectivity index (χ1n) is 4.67. The van der Waals surface area contributed by atoms with Gasteiger partial charge in [0.2, 0.25) is 0 Å². The Balaban J connectivity index is 3.20. The topological polar surface area (TPSA) is 46.2 Å². The van der Waals surface area contributed by atoms with Gasteiger partial charge in [0.25, 0.3) is 0 Å². The Bertz CT molecular complexity index is 398. The molecule has 0 amide bonds. The second-order valence-corrected chi connectivity index (χ2v) is 5.18. The molecule has 1 N–H and O–H groups in total. The van der Waals surface area contributed by atoms with Crippen LogP contribution in [0.5, 0.6) is 0 Å². The Hall–Kier alpha value is -1.03. The highest BCUT2D eigenvalue weighted by molar-refractivity contribution is 7.91. The third-order valence-corrected chi connectivity index (χ3v) is 3.76. The highest BCUT2D eigenvalue weighted by Crippen LogP contribution is 2.21. The standard InChI is InChI=1S/C10H15NO2S/c1-3-11-9-7-5-6-8-10(9)14(12,13)4-2/h5-8,11H,3-4H2,1-2H3. The minimum Gasteiger partial charge on any atom is -0.384 e. The summed E-state index contributed by atoms with van der Waals surface area (Å²) in [5.74, 6) is 0.134. The van der Waals surface area contributed by atoms with Gasteiger partial charge in [0.1, 0.15) is 0 Å². The van der Waals surface area contributed by atoms with Gasteiger partial charge in [0, 0.05) is 6.54 Å². The maximum atomic E-state index is 11.7. The molecular weight excluding hydrogens is 198 g/mol. The molecule has 0 radical (unpaired) electrons. The molecule has 0 atom stereocenters. The fourth-order valence-electron chi connectivity index (χ4n) is 1.23. The molecule has 0 fully saturated rings. The lowest BCUT2D eigenvalue weighted by Crippen LogP contribution is -2.08. The lowest BCUT2D eigenvalue weighted by atomic mass is 10.3. The number of sulfone groups is 1. The van der Waals surface area contributed by atoms with Crippen LogP contribution in [0.1, 0.15) is 13.8 Å². The molecule has 0 heterocycles. The first-order valence-corrected chi connectivity index (χ1v) is 6.32. The summed E-state index contributed by atoms with van der Waals surface area (Å²) in [6.45, 7) is 4.31. The number of anilines is 1. The van der Waals surface area contributed by atoms with Gasteiger partial charge < -0.3 is 5.32 Å². The van der Waals surface area contributed by atoms with Crippen LogP contribution in [-0.2, 0) is 9.84 Å². The third kappa shape index (κ3) is 2.26. The Morgan fingerprint density at radius 2 is 1.86 bits per heavy atom. The van der Waals surface area contributed by atoms with Crippen molar-refractivity contribution in [3.8, 4) is 0 Å². The van der Waals surface area contributed by atoms with Crippen LogP contribution in [0.25, 0.3) is 0 Å². The molecule has 0 aliphatic carbocycles. The Kier molecular flexibility index (Phi) is 3.52. The number of hydrogen-bond acceptors (Lipinski definition) is 3. The maximum Gasteiger partial charge on any atom is 0.180 e. The normalized spacial score (nSPS) is 11.3. The van der Waals surface area contributed by atoms with Crippen LogP contribution < -0.4 is 5.32 Å². The zero-order valence-electron chi connectivity index (χ0n) is 8.45. The molecule has 1 aromatic carbocycles. The van der Waals surface area contributed by atoms with Crippen LogP contribution in [0.4, 0.5) is 5.69 Å². The zero-order valence-corrected chi connectivity index (χ0v) is 9.26. The second-order valence-electron chi connectivity index (χ2n) is 2.93. The van der Waals surface area contributed by atoms with Gasteiger partial charge in [-0.2, -0.15) is 0 Å².